The second kappa shape index (κ2) is 6.06. The molecule has 0 heterocycles. The maximum Gasteiger partial charge on any atom is 0.122 e. The number of nitrogens with two attached hydrogens (primary N) is 1. The summed E-state index contributed by atoms with van der Waals surface area (Å²) in [6, 6.07) is 6.48. The van der Waals surface area contributed by atoms with Crippen molar-refractivity contribution in [2.75, 3.05) is 7.11 Å². The van der Waals surface area contributed by atoms with Crippen molar-refractivity contribution < 1.29 is 4.74 Å². The van der Waals surface area contributed by atoms with E-state index >= 15 is 0 Å². The SMILES string of the molecule is CCc1cc(CCCC(C)(C)N)ccc1OC. The van der Waals surface area contributed by atoms with Gasteiger partial charge in [-0.05, 0) is 56.7 Å². The number of ether oxygens (including phenoxy) is 1. The summed E-state index contributed by atoms with van der Waals surface area (Å²) in [5.74, 6) is 0.996. The smallest absolute Gasteiger partial charge is 0.122 e. The van der Waals surface area contributed by atoms with E-state index in [0.717, 1.165) is 31.4 Å². The van der Waals surface area contributed by atoms with Crippen LogP contribution in [0.1, 0.15) is 44.7 Å². The van der Waals surface area contributed by atoms with Gasteiger partial charge in [0.05, 0.1) is 7.11 Å². The maximum absolute atomic E-state index is 5.98. The molecule has 0 unspecified atom stereocenters. The maximum atomic E-state index is 5.98. The summed E-state index contributed by atoms with van der Waals surface area (Å²) < 4.78 is 5.33. The molecule has 17 heavy (non-hydrogen) atoms. The van der Waals surface area contributed by atoms with E-state index in [1.807, 2.05) is 0 Å². The molecule has 0 aliphatic rings. The van der Waals surface area contributed by atoms with Crippen LogP contribution >= 0.6 is 0 Å². The van der Waals surface area contributed by atoms with Crippen molar-refractivity contribution in [1.29, 1.82) is 0 Å². The average molecular weight is 235 g/mol. The van der Waals surface area contributed by atoms with Crippen molar-refractivity contribution in [1.82, 2.24) is 0 Å². The van der Waals surface area contributed by atoms with E-state index in [1.54, 1.807) is 7.11 Å². The number of methoxy groups -OCH3 is 1. The van der Waals surface area contributed by atoms with Crippen molar-refractivity contribution >= 4 is 0 Å². The summed E-state index contributed by atoms with van der Waals surface area (Å²) in [7, 11) is 1.73. The van der Waals surface area contributed by atoms with Crippen LogP contribution in [0.15, 0.2) is 18.2 Å². The van der Waals surface area contributed by atoms with Gasteiger partial charge in [-0.1, -0.05) is 19.1 Å². The molecule has 2 heteroatoms. The number of hydrogen-bond acceptors (Lipinski definition) is 2. The van der Waals surface area contributed by atoms with Gasteiger partial charge in [-0.2, -0.15) is 0 Å². The molecule has 0 saturated heterocycles. The van der Waals surface area contributed by atoms with Crippen LogP contribution in [-0.4, -0.2) is 12.6 Å². The lowest BCUT2D eigenvalue weighted by Crippen LogP contribution is -2.31. The highest BCUT2D eigenvalue weighted by molar-refractivity contribution is 5.37. The monoisotopic (exact) mass is 235 g/mol. The van der Waals surface area contributed by atoms with Crippen LogP contribution in [0.4, 0.5) is 0 Å². The van der Waals surface area contributed by atoms with E-state index in [9.17, 15) is 0 Å². The van der Waals surface area contributed by atoms with Gasteiger partial charge in [-0.25, -0.2) is 0 Å². The molecule has 0 radical (unpaired) electrons. The molecule has 0 aromatic heterocycles. The van der Waals surface area contributed by atoms with Gasteiger partial charge in [0.1, 0.15) is 5.75 Å². The first kappa shape index (κ1) is 14.0. The molecule has 0 bridgehead atoms. The first-order chi connectivity index (χ1) is 7.96. The molecule has 0 amide bonds. The fourth-order valence-corrected chi connectivity index (χ4v) is 2.01. The molecule has 1 rings (SSSR count). The molecular weight excluding hydrogens is 210 g/mol. The van der Waals surface area contributed by atoms with E-state index in [2.05, 4.69) is 39.0 Å². The minimum Gasteiger partial charge on any atom is -0.496 e. The minimum absolute atomic E-state index is 0.0555. The van der Waals surface area contributed by atoms with Gasteiger partial charge < -0.3 is 10.5 Å². The van der Waals surface area contributed by atoms with Crippen LogP contribution in [-0.2, 0) is 12.8 Å². The molecule has 0 saturated carbocycles. The summed E-state index contributed by atoms with van der Waals surface area (Å²) in [4.78, 5) is 0. The van der Waals surface area contributed by atoms with Crippen molar-refractivity contribution in [2.24, 2.45) is 5.73 Å². The first-order valence-electron chi connectivity index (χ1n) is 6.41. The molecule has 0 fully saturated rings. The molecule has 0 atom stereocenters. The van der Waals surface area contributed by atoms with E-state index in [0.29, 0.717) is 0 Å². The van der Waals surface area contributed by atoms with Crippen molar-refractivity contribution in [3.05, 3.63) is 29.3 Å². The fraction of sp³-hybridized carbons (Fsp3) is 0.600. The van der Waals surface area contributed by atoms with Gasteiger partial charge in [0, 0.05) is 5.54 Å². The molecule has 1 aromatic carbocycles. The molecule has 0 aliphatic heterocycles. The van der Waals surface area contributed by atoms with Crippen LogP contribution in [0, 0.1) is 0 Å². The lowest BCUT2D eigenvalue weighted by molar-refractivity contribution is 0.409. The fourth-order valence-electron chi connectivity index (χ4n) is 2.01. The third-order valence-electron chi connectivity index (χ3n) is 3.01. The first-order valence-corrected chi connectivity index (χ1v) is 6.41. The Morgan fingerprint density at radius 3 is 2.53 bits per heavy atom. The molecule has 0 aliphatic carbocycles. The highest BCUT2D eigenvalue weighted by atomic mass is 16.5. The standard InChI is InChI=1S/C15H25NO/c1-5-13-11-12(8-9-14(13)17-4)7-6-10-15(2,3)16/h8-9,11H,5-7,10,16H2,1-4H3. The molecule has 1 aromatic rings. The second-order valence-corrected chi connectivity index (χ2v) is 5.34. The van der Waals surface area contributed by atoms with Gasteiger partial charge in [-0.15, -0.1) is 0 Å². The molecule has 2 nitrogen and oxygen atoms in total. The predicted octanol–water partition coefficient (Wildman–Crippen LogP) is 3.32. The van der Waals surface area contributed by atoms with Crippen LogP contribution in [0.3, 0.4) is 0 Å². The predicted molar refractivity (Wildman–Crippen MR) is 73.6 cm³/mol. The quantitative estimate of drug-likeness (QED) is 0.821. The number of aryl methyl sites for hydroxylation is 2. The molecule has 0 spiro atoms. The van der Waals surface area contributed by atoms with Gasteiger partial charge in [0.15, 0.2) is 0 Å². The average Bonchev–Trinajstić information content (AvgIpc) is 2.27. The number of benzene rings is 1. The topological polar surface area (TPSA) is 35.2 Å². The Labute approximate surface area is 105 Å². The third-order valence-corrected chi connectivity index (χ3v) is 3.01. The van der Waals surface area contributed by atoms with E-state index in [4.69, 9.17) is 10.5 Å². The highest BCUT2D eigenvalue weighted by Crippen LogP contribution is 2.21. The second-order valence-electron chi connectivity index (χ2n) is 5.34. The van der Waals surface area contributed by atoms with E-state index < -0.39 is 0 Å². The Morgan fingerprint density at radius 1 is 1.29 bits per heavy atom. The zero-order chi connectivity index (χ0) is 12.9. The molecule has 2 N–H and O–H groups in total. The normalized spacial score (nSPS) is 11.6. The summed E-state index contributed by atoms with van der Waals surface area (Å²) in [6.45, 7) is 6.32. The Bertz CT molecular complexity index is 352. The van der Waals surface area contributed by atoms with Crippen molar-refractivity contribution in [3.63, 3.8) is 0 Å². The van der Waals surface area contributed by atoms with Crippen LogP contribution < -0.4 is 10.5 Å². The van der Waals surface area contributed by atoms with Gasteiger partial charge >= 0.3 is 0 Å². The Morgan fingerprint density at radius 2 is 2.00 bits per heavy atom. The van der Waals surface area contributed by atoms with E-state index in [-0.39, 0.29) is 5.54 Å². The summed E-state index contributed by atoms with van der Waals surface area (Å²) >= 11 is 0. The van der Waals surface area contributed by atoms with Crippen LogP contribution in [0.5, 0.6) is 5.75 Å². The van der Waals surface area contributed by atoms with Gasteiger partial charge in [0.25, 0.3) is 0 Å². The molecule has 96 valence electrons. The Hall–Kier alpha value is -1.02. The largest absolute Gasteiger partial charge is 0.496 e. The summed E-state index contributed by atoms with van der Waals surface area (Å²) in [5, 5.41) is 0. The van der Waals surface area contributed by atoms with Crippen LogP contribution in [0.2, 0.25) is 0 Å². The summed E-state index contributed by atoms with van der Waals surface area (Å²) in [5.41, 5.74) is 8.60. The Kier molecular flexibility index (Phi) is 5.01. The third kappa shape index (κ3) is 4.78. The zero-order valence-electron chi connectivity index (χ0n) is 11.5. The Balaban J connectivity index is 2.60. The number of hydrogen-bond donors (Lipinski definition) is 1. The van der Waals surface area contributed by atoms with Gasteiger partial charge in [0.2, 0.25) is 0 Å². The van der Waals surface area contributed by atoms with Crippen molar-refractivity contribution in [2.45, 2.75) is 52.0 Å². The van der Waals surface area contributed by atoms with Crippen molar-refractivity contribution in [3.8, 4) is 5.75 Å². The summed E-state index contributed by atoms with van der Waals surface area (Å²) in [6.07, 6.45) is 4.30. The molecular formula is C15H25NO. The highest BCUT2D eigenvalue weighted by Gasteiger charge is 2.10. The lowest BCUT2D eigenvalue weighted by atomic mass is 9.96. The van der Waals surface area contributed by atoms with E-state index in [1.165, 1.54) is 11.1 Å². The number of rotatable bonds is 6. The minimum atomic E-state index is -0.0555. The lowest BCUT2D eigenvalue weighted by Gasteiger charge is -2.18. The van der Waals surface area contributed by atoms with Crippen LogP contribution in [0.25, 0.3) is 0 Å². The van der Waals surface area contributed by atoms with Gasteiger partial charge in [-0.3, -0.25) is 0 Å². The zero-order valence-corrected chi connectivity index (χ0v) is 11.5.